The van der Waals surface area contributed by atoms with Gasteiger partial charge in [0.15, 0.2) is 0 Å². The van der Waals surface area contributed by atoms with Crippen molar-refractivity contribution >= 4 is 36.4 Å². The normalized spacial score (nSPS) is 29.4. The van der Waals surface area contributed by atoms with Gasteiger partial charge in [-0.2, -0.15) is 0 Å². The molecule has 1 saturated heterocycles. The maximum Gasteiger partial charge on any atom is 0.225 e. The highest BCUT2D eigenvalue weighted by Crippen LogP contribution is 2.42. The van der Waals surface area contributed by atoms with Crippen LogP contribution in [-0.4, -0.2) is 50.1 Å². The Balaban J connectivity index is 0.00000140. The van der Waals surface area contributed by atoms with Crippen LogP contribution in [0.3, 0.4) is 0 Å². The molecule has 1 heterocycles. The molecule has 7 heteroatoms. The summed E-state index contributed by atoms with van der Waals surface area (Å²) in [6, 6.07) is 8.46. The van der Waals surface area contributed by atoms with Crippen LogP contribution in [0.1, 0.15) is 32.1 Å². The van der Waals surface area contributed by atoms with Gasteiger partial charge in [-0.15, -0.1) is 24.8 Å². The molecule has 2 unspecified atom stereocenters. The predicted octanol–water partition coefficient (Wildman–Crippen LogP) is 3.34. The van der Waals surface area contributed by atoms with Crippen molar-refractivity contribution in [1.29, 1.82) is 0 Å². The van der Waals surface area contributed by atoms with Gasteiger partial charge in [0.2, 0.25) is 5.91 Å². The third-order valence-corrected chi connectivity index (χ3v) is 6.78. The predicted molar refractivity (Wildman–Crippen MR) is 118 cm³/mol. The van der Waals surface area contributed by atoms with Gasteiger partial charge in [-0.05, 0) is 49.7 Å². The molecular weight excluding hydrogens is 397 g/mol. The van der Waals surface area contributed by atoms with E-state index < -0.39 is 0 Å². The first-order chi connectivity index (χ1) is 12.7. The van der Waals surface area contributed by atoms with Gasteiger partial charge in [-0.25, -0.2) is 0 Å². The number of piperazine rings is 1. The summed E-state index contributed by atoms with van der Waals surface area (Å²) in [5.41, 5.74) is 7.52. The molecule has 1 aromatic rings. The number of carbonyl (C=O) groups excluding carboxylic acids is 1. The summed E-state index contributed by atoms with van der Waals surface area (Å²) in [6.07, 6.45) is 5.72. The molecule has 2 saturated carbocycles. The molecule has 0 spiro atoms. The molecule has 1 amide bonds. The van der Waals surface area contributed by atoms with Crippen molar-refractivity contribution in [3.05, 3.63) is 24.3 Å². The summed E-state index contributed by atoms with van der Waals surface area (Å²) >= 11 is 0. The summed E-state index contributed by atoms with van der Waals surface area (Å²) in [5.74, 6) is 2.59. The SMILES string of the molecule is COc1ccccc1N1CCN(C(=O)C2CC3CCCC(C2)C3N)CC1.Cl.Cl. The van der Waals surface area contributed by atoms with Gasteiger partial charge in [0.25, 0.3) is 0 Å². The molecule has 28 heavy (non-hydrogen) atoms. The number of para-hydroxylation sites is 2. The van der Waals surface area contributed by atoms with Gasteiger partial charge in [-0.1, -0.05) is 18.6 Å². The number of hydrogen-bond donors (Lipinski definition) is 1. The highest BCUT2D eigenvalue weighted by atomic mass is 35.5. The average molecular weight is 430 g/mol. The quantitative estimate of drug-likeness (QED) is 0.799. The number of fused-ring (bicyclic) bond motifs is 2. The Morgan fingerprint density at radius 2 is 1.64 bits per heavy atom. The summed E-state index contributed by atoms with van der Waals surface area (Å²) in [5, 5.41) is 0. The van der Waals surface area contributed by atoms with Crippen molar-refractivity contribution in [3.8, 4) is 5.75 Å². The first-order valence-corrected chi connectivity index (χ1v) is 10.1. The van der Waals surface area contributed by atoms with Gasteiger partial charge in [0.05, 0.1) is 12.8 Å². The number of nitrogens with zero attached hydrogens (tertiary/aromatic N) is 2. The van der Waals surface area contributed by atoms with E-state index in [0.29, 0.717) is 23.8 Å². The van der Waals surface area contributed by atoms with Gasteiger partial charge >= 0.3 is 0 Å². The molecule has 4 rings (SSSR count). The van der Waals surface area contributed by atoms with Gasteiger partial charge in [0, 0.05) is 38.1 Å². The molecule has 2 atom stereocenters. The Labute approximate surface area is 180 Å². The minimum Gasteiger partial charge on any atom is -0.495 e. The van der Waals surface area contributed by atoms with Crippen molar-refractivity contribution in [2.24, 2.45) is 23.5 Å². The topological polar surface area (TPSA) is 58.8 Å². The Hall–Kier alpha value is -1.17. The standard InChI is InChI=1S/C21H31N3O2.2ClH/c1-26-19-8-3-2-7-18(19)23-9-11-24(12-10-23)21(25)17-13-15-5-4-6-16(14-17)20(15)22;;/h2-3,7-8,15-17,20H,4-6,9-14,22H2,1H3;2*1H. The average Bonchev–Trinajstić information content (AvgIpc) is 2.67. The van der Waals surface area contributed by atoms with Gasteiger partial charge < -0.3 is 20.3 Å². The second-order valence-corrected chi connectivity index (χ2v) is 8.18. The number of rotatable bonds is 3. The molecule has 1 aliphatic heterocycles. The summed E-state index contributed by atoms with van der Waals surface area (Å²) in [7, 11) is 1.71. The van der Waals surface area contributed by atoms with E-state index in [1.807, 2.05) is 18.2 Å². The molecule has 1 aromatic carbocycles. The van der Waals surface area contributed by atoms with Gasteiger partial charge in [0.1, 0.15) is 5.75 Å². The van der Waals surface area contributed by atoms with Crippen LogP contribution in [-0.2, 0) is 4.79 Å². The molecule has 2 bridgehead atoms. The van der Waals surface area contributed by atoms with Crippen molar-refractivity contribution in [1.82, 2.24) is 4.90 Å². The maximum absolute atomic E-state index is 13.1. The number of hydrogen-bond acceptors (Lipinski definition) is 4. The summed E-state index contributed by atoms with van der Waals surface area (Å²) < 4.78 is 5.49. The van der Waals surface area contributed by atoms with Crippen LogP contribution in [0.5, 0.6) is 5.75 Å². The summed E-state index contributed by atoms with van der Waals surface area (Å²) in [4.78, 5) is 17.5. The Morgan fingerprint density at radius 1 is 1.04 bits per heavy atom. The Kier molecular flexibility index (Phi) is 8.29. The molecule has 2 aliphatic carbocycles. The largest absolute Gasteiger partial charge is 0.495 e. The molecule has 3 aliphatic rings. The van der Waals surface area contributed by atoms with Crippen molar-refractivity contribution in [2.45, 2.75) is 38.1 Å². The molecule has 0 radical (unpaired) electrons. The fourth-order valence-corrected chi connectivity index (χ4v) is 5.31. The molecule has 0 aromatic heterocycles. The molecule has 2 N–H and O–H groups in total. The van der Waals surface area contributed by atoms with Gasteiger partial charge in [-0.3, -0.25) is 4.79 Å². The highest BCUT2D eigenvalue weighted by Gasteiger charge is 2.41. The van der Waals surface area contributed by atoms with E-state index in [-0.39, 0.29) is 30.7 Å². The second kappa shape index (κ2) is 10.0. The van der Waals surface area contributed by atoms with Crippen LogP contribution in [0.2, 0.25) is 0 Å². The molecule has 3 fully saturated rings. The van der Waals surface area contributed by atoms with Crippen molar-refractivity contribution in [3.63, 3.8) is 0 Å². The summed E-state index contributed by atoms with van der Waals surface area (Å²) in [6.45, 7) is 3.33. The van der Waals surface area contributed by atoms with Crippen molar-refractivity contribution in [2.75, 3.05) is 38.2 Å². The zero-order chi connectivity index (χ0) is 18.1. The van der Waals surface area contributed by atoms with E-state index in [2.05, 4.69) is 15.9 Å². The zero-order valence-electron chi connectivity index (χ0n) is 16.6. The minimum absolute atomic E-state index is 0. The lowest BCUT2D eigenvalue weighted by atomic mass is 9.65. The maximum atomic E-state index is 13.1. The number of halogens is 2. The molecular formula is C21H33Cl2N3O2. The van der Waals surface area contributed by atoms with E-state index in [1.54, 1.807) is 7.11 Å². The first kappa shape index (κ1) is 23.1. The lowest BCUT2D eigenvalue weighted by molar-refractivity contribution is -0.138. The van der Waals surface area contributed by atoms with E-state index >= 15 is 0 Å². The van der Waals surface area contributed by atoms with E-state index in [0.717, 1.165) is 50.5 Å². The van der Waals surface area contributed by atoms with E-state index in [1.165, 1.54) is 19.3 Å². The lowest BCUT2D eigenvalue weighted by Gasteiger charge is -2.45. The van der Waals surface area contributed by atoms with Crippen LogP contribution in [0.4, 0.5) is 5.69 Å². The molecule has 5 nitrogen and oxygen atoms in total. The lowest BCUT2D eigenvalue weighted by Crippen LogP contribution is -2.53. The number of benzene rings is 1. The van der Waals surface area contributed by atoms with Crippen LogP contribution < -0.4 is 15.4 Å². The number of ether oxygens (including phenoxy) is 1. The number of carbonyl (C=O) groups is 1. The first-order valence-electron chi connectivity index (χ1n) is 10.1. The third-order valence-electron chi connectivity index (χ3n) is 6.78. The monoisotopic (exact) mass is 429 g/mol. The number of methoxy groups -OCH3 is 1. The third kappa shape index (κ3) is 4.52. The second-order valence-electron chi connectivity index (χ2n) is 8.18. The smallest absolute Gasteiger partial charge is 0.225 e. The fraction of sp³-hybridized carbons (Fsp3) is 0.667. The number of nitrogens with two attached hydrogens (primary N) is 1. The van der Waals surface area contributed by atoms with Crippen LogP contribution in [0, 0.1) is 17.8 Å². The van der Waals surface area contributed by atoms with Crippen LogP contribution in [0.25, 0.3) is 0 Å². The van der Waals surface area contributed by atoms with Crippen molar-refractivity contribution < 1.29 is 9.53 Å². The minimum atomic E-state index is 0. The Morgan fingerprint density at radius 3 is 2.25 bits per heavy atom. The van der Waals surface area contributed by atoms with Crippen LogP contribution >= 0.6 is 24.8 Å². The fourth-order valence-electron chi connectivity index (χ4n) is 5.31. The van der Waals surface area contributed by atoms with E-state index in [4.69, 9.17) is 10.5 Å². The van der Waals surface area contributed by atoms with Crippen LogP contribution in [0.15, 0.2) is 24.3 Å². The Bertz CT molecular complexity index is 638. The number of anilines is 1. The highest BCUT2D eigenvalue weighted by molar-refractivity contribution is 5.85. The van der Waals surface area contributed by atoms with E-state index in [9.17, 15) is 4.79 Å². The molecule has 158 valence electrons. The zero-order valence-corrected chi connectivity index (χ0v) is 18.2. The number of amides is 1.